The van der Waals surface area contributed by atoms with Gasteiger partial charge in [-0.1, -0.05) is 80.9 Å². The topological polar surface area (TPSA) is 37.3 Å². The first-order valence-corrected chi connectivity index (χ1v) is 8.89. The van der Waals surface area contributed by atoms with E-state index in [4.69, 9.17) is 0 Å². The van der Waals surface area contributed by atoms with E-state index in [9.17, 15) is 9.90 Å². The van der Waals surface area contributed by atoms with E-state index in [2.05, 4.69) is 50.2 Å². The van der Waals surface area contributed by atoms with Gasteiger partial charge < -0.3 is 5.11 Å². The Morgan fingerprint density at radius 3 is 1.88 bits per heavy atom. The Morgan fingerprint density at radius 2 is 1.42 bits per heavy atom. The Hall–Kier alpha value is -2.09. The fourth-order valence-corrected chi connectivity index (χ4v) is 3.85. The molecule has 0 radical (unpaired) electrons. The van der Waals surface area contributed by atoms with Crippen LogP contribution in [0.5, 0.6) is 0 Å². The van der Waals surface area contributed by atoms with Gasteiger partial charge in [0, 0.05) is 6.42 Å². The molecule has 0 aliphatic heterocycles. The first-order chi connectivity index (χ1) is 11.6. The van der Waals surface area contributed by atoms with E-state index < -0.39 is 5.97 Å². The van der Waals surface area contributed by atoms with Gasteiger partial charge in [-0.25, -0.2) is 0 Å². The minimum absolute atomic E-state index is 0.175. The van der Waals surface area contributed by atoms with E-state index >= 15 is 0 Å². The highest BCUT2D eigenvalue weighted by Crippen LogP contribution is 2.32. The number of hydrogen-bond acceptors (Lipinski definition) is 1. The van der Waals surface area contributed by atoms with E-state index in [1.165, 1.54) is 11.1 Å². The second kappa shape index (κ2) is 9.27. The lowest BCUT2D eigenvalue weighted by molar-refractivity contribution is -0.138. The first-order valence-electron chi connectivity index (χ1n) is 8.89. The van der Waals surface area contributed by atoms with Crippen molar-refractivity contribution in [3.8, 4) is 0 Å². The summed E-state index contributed by atoms with van der Waals surface area (Å²) in [5.74, 6) is 0.349. The summed E-state index contributed by atoms with van der Waals surface area (Å²) in [5.41, 5.74) is 2.56. The lowest BCUT2D eigenvalue weighted by atomic mass is 9.74. The fourth-order valence-electron chi connectivity index (χ4n) is 3.85. The molecule has 0 fully saturated rings. The fraction of sp³-hybridized carbons (Fsp3) is 0.409. The van der Waals surface area contributed by atoms with Crippen molar-refractivity contribution in [2.45, 2.75) is 39.5 Å². The average Bonchev–Trinajstić information content (AvgIpc) is 2.56. The van der Waals surface area contributed by atoms with Crippen LogP contribution in [0.25, 0.3) is 0 Å². The van der Waals surface area contributed by atoms with Crippen LogP contribution in [0.3, 0.4) is 0 Å². The van der Waals surface area contributed by atoms with Gasteiger partial charge in [-0.2, -0.15) is 0 Å². The third-order valence-corrected chi connectivity index (χ3v) is 4.99. The molecule has 0 saturated heterocycles. The number of carboxylic acids is 1. The molecule has 2 aromatic carbocycles. The zero-order valence-corrected chi connectivity index (χ0v) is 14.7. The van der Waals surface area contributed by atoms with Crippen LogP contribution in [-0.4, -0.2) is 11.1 Å². The highest BCUT2D eigenvalue weighted by molar-refractivity contribution is 5.67. The van der Waals surface area contributed by atoms with Crippen LogP contribution in [0.1, 0.15) is 37.8 Å². The molecule has 1 N–H and O–H groups in total. The van der Waals surface area contributed by atoms with E-state index in [0.717, 1.165) is 19.3 Å². The van der Waals surface area contributed by atoms with Crippen molar-refractivity contribution in [2.24, 2.45) is 17.8 Å². The molecule has 0 saturated carbocycles. The summed E-state index contributed by atoms with van der Waals surface area (Å²) in [4.78, 5) is 11.4. The third-order valence-electron chi connectivity index (χ3n) is 4.99. The predicted molar refractivity (Wildman–Crippen MR) is 99.0 cm³/mol. The summed E-state index contributed by atoms with van der Waals surface area (Å²) >= 11 is 0. The summed E-state index contributed by atoms with van der Waals surface area (Å²) in [6, 6.07) is 20.8. The van der Waals surface area contributed by atoms with Gasteiger partial charge in [-0.3, -0.25) is 4.79 Å². The van der Waals surface area contributed by atoms with Crippen molar-refractivity contribution in [3.05, 3.63) is 71.8 Å². The zero-order valence-electron chi connectivity index (χ0n) is 14.7. The molecule has 2 heteroatoms. The summed E-state index contributed by atoms with van der Waals surface area (Å²) in [6.45, 7) is 4.45. The largest absolute Gasteiger partial charge is 0.481 e. The highest BCUT2D eigenvalue weighted by Gasteiger charge is 2.27. The molecule has 3 unspecified atom stereocenters. The van der Waals surface area contributed by atoms with Crippen molar-refractivity contribution >= 4 is 5.97 Å². The van der Waals surface area contributed by atoms with Gasteiger partial charge in [0.05, 0.1) is 0 Å². The molecule has 0 amide bonds. The van der Waals surface area contributed by atoms with E-state index in [0.29, 0.717) is 11.8 Å². The van der Waals surface area contributed by atoms with Crippen LogP contribution in [0.15, 0.2) is 60.7 Å². The molecule has 0 aliphatic carbocycles. The van der Waals surface area contributed by atoms with Crippen LogP contribution in [0.4, 0.5) is 0 Å². The number of rotatable bonds is 9. The summed E-state index contributed by atoms with van der Waals surface area (Å²) in [5, 5.41) is 9.38. The van der Waals surface area contributed by atoms with Gasteiger partial charge in [-0.05, 0) is 41.7 Å². The standard InChI is InChI=1S/C22H28O2/c1-3-21(17(2)14-18-10-6-4-7-11-18)20(16-22(23)24)15-19-12-8-5-9-13-19/h4-13,17,20-21H,3,14-16H2,1-2H3,(H,23,24). The molecule has 2 nitrogen and oxygen atoms in total. The Bertz CT molecular complexity index is 606. The molecule has 0 bridgehead atoms. The molecule has 2 rings (SSSR count). The number of aliphatic carboxylic acids is 1. The van der Waals surface area contributed by atoms with Gasteiger partial charge >= 0.3 is 5.97 Å². The quantitative estimate of drug-likeness (QED) is 0.686. The van der Waals surface area contributed by atoms with E-state index in [1.807, 2.05) is 24.3 Å². The third kappa shape index (κ3) is 5.52. The summed E-state index contributed by atoms with van der Waals surface area (Å²) < 4.78 is 0. The van der Waals surface area contributed by atoms with Crippen LogP contribution in [0, 0.1) is 17.8 Å². The number of carbonyl (C=O) groups is 1. The molecule has 0 aromatic heterocycles. The monoisotopic (exact) mass is 324 g/mol. The number of hydrogen-bond donors (Lipinski definition) is 1. The zero-order chi connectivity index (χ0) is 17.4. The smallest absolute Gasteiger partial charge is 0.303 e. The van der Waals surface area contributed by atoms with Crippen molar-refractivity contribution in [2.75, 3.05) is 0 Å². The van der Waals surface area contributed by atoms with Crippen molar-refractivity contribution in [3.63, 3.8) is 0 Å². The molecule has 128 valence electrons. The second-order valence-corrected chi connectivity index (χ2v) is 6.79. The SMILES string of the molecule is CCC(C(C)Cc1ccccc1)C(CC(=O)O)Cc1ccccc1. The van der Waals surface area contributed by atoms with Crippen LogP contribution in [-0.2, 0) is 17.6 Å². The molecule has 24 heavy (non-hydrogen) atoms. The van der Waals surface area contributed by atoms with Crippen LogP contribution >= 0.6 is 0 Å². The molecule has 2 aromatic rings. The normalized spacial score (nSPS) is 14.8. The van der Waals surface area contributed by atoms with Crippen LogP contribution in [0.2, 0.25) is 0 Å². The molecular weight excluding hydrogens is 296 g/mol. The van der Waals surface area contributed by atoms with Gasteiger partial charge in [0.1, 0.15) is 0 Å². The highest BCUT2D eigenvalue weighted by atomic mass is 16.4. The minimum atomic E-state index is -0.693. The van der Waals surface area contributed by atoms with Crippen LogP contribution < -0.4 is 0 Å². The van der Waals surface area contributed by atoms with E-state index in [1.54, 1.807) is 0 Å². The maximum absolute atomic E-state index is 11.4. The van der Waals surface area contributed by atoms with E-state index in [-0.39, 0.29) is 12.3 Å². The van der Waals surface area contributed by atoms with Gasteiger partial charge in [-0.15, -0.1) is 0 Å². The molecule has 0 aliphatic rings. The lowest BCUT2D eigenvalue weighted by Crippen LogP contribution is -2.27. The molecule has 0 heterocycles. The Balaban J connectivity index is 2.12. The molecule has 0 spiro atoms. The maximum Gasteiger partial charge on any atom is 0.303 e. The van der Waals surface area contributed by atoms with Gasteiger partial charge in [0.2, 0.25) is 0 Å². The minimum Gasteiger partial charge on any atom is -0.481 e. The van der Waals surface area contributed by atoms with Crippen molar-refractivity contribution < 1.29 is 9.90 Å². The lowest BCUT2D eigenvalue weighted by Gasteiger charge is -2.31. The Morgan fingerprint density at radius 1 is 0.917 bits per heavy atom. The first kappa shape index (κ1) is 18.3. The second-order valence-electron chi connectivity index (χ2n) is 6.79. The van der Waals surface area contributed by atoms with Gasteiger partial charge in [0.15, 0.2) is 0 Å². The molecule has 3 atom stereocenters. The number of benzene rings is 2. The Kier molecular flexibility index (Phi) is 7.05. The summed E-state index contributed by atoms with van der Waals surface area (Å²) in [7, 11) is 0. The number of carboxylic acid groups (broad SMARTS) is 1. The maximum atomic E-state index is 11.4. The van der Waals surface area contributed by atoms with Crippen molar-refractivity contribution in [1.29, 1.82) is 0 Å². The van der Waals surface area contributed by atoms with Gasteiger partial charge in [0.25, 0.3) is 0 Å². The Labute approximate surface area is 145 Å². The average molecular weight is 324 g/mol. The molecular formula is C22H28O2. The summed E-state index contributed by atoms with van der Waals surface area (Å²) in [6.07, 6.45) is 3.10. The predicted octanol–water partition coefficient (Wildman–Crippen LogP) is 5.23. The van der Waals surface area contributed by atoms with Crippen molar-refractivity contribution in [1.82, 2.24) is 0 Å².